The summed E-state index contributed by atoms with van der Waals surface area (Å²) in [5, 5.41) is 2.54. The van der Waals surface area contributed by atoms with Gasteiger partial charge in [-0.3, -0.25) is 4.57 Å². The smallest absolute Gasteiger partial charge is 0.145 e. The Balaban J connectivity index is 1.12. The Hall–Kier alpha value is -8.07. The van der Waals surface area contributed by atoms with Gasteiger partial charge in [-0.05, 0) is 113 Å². The summed E-state index contributed by atoms with van der Waals surface area (Å²) in [5.41, 5.74) is 21.6. The Morgan fingerprint density at radius 1 is 0.279 bits per heavy atom. The largest absolute Gasteiger partial charge is 0.292 e. The number of imidazole rings is 1. The van der Waals surface area contributed by atoms with Gasteiger partial charge in [0.25, 0.3) is 0 Å². The SMILES string of the molecule is c1ccc(-c2c(-c3ccccc3)c(-c3ccccc3)c3c(c2-c2ccccc2)-c2cccc4c(-c5ccc(-n6c(-c7ccccc7)nc7ccccc76)cc5)ccc-3c24)cc1. The zero-order valence-electron chi connectivity index (χ0n) is 33.3. The molecular weight excluding hydrogens is 737 g/mol. The number of benzene rings is 10. The predicted octanol–water partition coefficient (Wildman–Crippen LogP) is 15.8. The first-order valence-electron chi connectivity index (χ1n) is 21.0. The molecule has 0 fully saturated rings. The maximum absolute atomic E-state index is 5.10. The van der Waals surface area contributed by atoms with E-state index in [1.54, 1.807) is 0 Å². The van der Waals surface area contributed by atoms with Crippen LogP contribution in [0, 0.1) is 0 Å². The van der Waals surface area contributed by atoms with Crippen LogP contribution in [0.5, 0.6) is 0 Å². The maximum atomic E-state index is 5.10. The zero-order chi connectivity index (χ0) is 40.3. The quantitative estimate of drug-likeness (QED) is 0.158. The Kier molecular flexibility index (Phi) is 8.21. The second kappa shape index (κ2) is 14.3. The van der Waals surface area contributed by atoms with E-state index in [1.165, 1.54) is 88.7 Å². The van der Waals surface area contributed by atoms with Crippen LogP contribution < -0.4 is 0 Å². The van der Waals surface area contributed by atoms with E-state index in [2.05, 4.69) is 235 Å². The predicted molar refractivity (Wildman–Crippen MR) is 256 cm³/mol. The molecule has 1 aliphatic rings. The van der Waals surface area contributed by atoms with Crippen molar-refractivity contribution in [1.82, 2.24) is 9.55 Å². The highest BCUT2D eigenvalue weighted by molar-refractivity contribution is 6.27. The second-order valence-corrected chi connectivity index (χ2v) is 15.8. The fraction of sp³-hybridized carbons (Fsp3) is 0. The lowest BCUT2D eigenvalue weighted by atomic mass is 9.76. The third-order valence-electron chi connectivity index (χ3n) is 12.4. The van der Waals surface area contributed by atoms with E-state index in [-0.39, 0.29) is 0 Å². The highest BCUT2D eigenvalue weighted by Gasteiger charge is 2.34. The minimum Gasteiger partial charge on any atom is -0.292 e. The van der Waals surface area contributed by atoms with Crippen molar-refractivity contribution in [3.8, 4) is 95.0 Å². The van der Waals surface area contributed by atoms with Gasteiger partial charge in [-0.25, -0.2) is 4.98 Å². The standard InChI is InChI=1S/C59H38N2/c1-6-19-40(20-7-1)52-53(41-21-8-2-9-22-41)55(43-25-12-4-13-26-43)58-49-38-37-46(47-29-18-30-48(56(47)49)57(58)54(52)42-23-10-3-11-24-42)39-33-35-45(36-34-39)61-51-32-17-16-31-50(51)60-59(61)44-27-14-5-15-28-44/h1-38H. The molecule has 12 rings (SSSR count). The number of para-hydroxylation sites is 2. The van der Waals surface area contributed by atoms with Gasteiger partial charge in [0.1, 0.15) is 5.82 Å². The van der Waals surface area contributed by atoms with Gasteiger partial charge in [0.15, 0.2) is 0 Å². The van der Waals surface area contributed by atoms with Crippen LogP contribution in [0.15, 0.2) is 231 Å². The normalized spacial score (nSPS) is 11.6. The third-order valence-corrected chi connectivity index (χ3v) is 12.4. The summed E-state index contributed by atoms with van der Waals surface area (Å²) in [5.74, 6) is 0.936. The second-order valence-electron chi connectivity index (χ2n) is 15.8. The lowest BCUT2D eigenvalue weighted by Gasteiger charge is -2.26. The first-order valence-corrected chi connectivity index (χ1v) is 21.0. The Labute approximate surface area is 355 Å². The topological polar surface area (TPSA) is 17.8 Å². The first kappa shape index (κ1) is 34.9. The fourth-order valence-corrected chi connectivity index (χ4v) is 9.80. The minimum atomic E-state index is 0.936. The van der Waals surface area contributed by atoms with Crippen LogP contribution in [0.3, 0.4) is 0 Å². The van der Waals surface area contributed by atoms with Gasteiger partial charge in [-0.2, -0.15) is 0 Å². The van der Waals surface area contributed by atoms with E-state index in [4.69, 9.17) is 4.98 Å². The molecule has 0 bridgehead atoms. The Morgan fingerprint density at radius 3 is 1.23 bits per heavy atom. The molecule has 0 aliphatic heterocycles. The van der Waals surface area contributed by atoms with Crippen molar-refractivity contribution in [3.05, 3.63) is 231 Å². The van der Waals surface area contributed by atoms with Gasteiger partial charge < -0.3 is 0 Å². The van der Waals surface area contributed by atoms with E-state index in [9.17, 15) is 0 Å². The molecule has 61 heavy (non-hydrogen) atoms. The minimum absolute atomic E-state index is 0.936. The van der Waals surface area contributed by atoms with Crippen LogP contribution in [0.1, 0.15) is 0 Å². The summed E-state index contributed by atoms with van der Waals surface area (Å²) in [7, 11) is 0. The average molecular weight is 775 g/mol. The number of fused-ring (bicyclic) bond motifs is 4. The Morgan fingerprint density at radius 2 is 0.705 bits per heavy atom. The van der Waals surface area contributed by atoms with Crippen LogP contribution in [0.4, 0.5) is 0 Å². The number of hydrogen-bond donors (Lipinski definition) is 0. The summed E-state index contributed by atoms with van der Waals surface area (Å²) in [6, 6.07) is 83.6. The monoisotopic (exact) mass is 774 g/mol. The molecule has 1 aliphatic carbocycles. The summed E-state index contributed by atoms with van der Waals surface area (Å²) in [4.78, 5) is 5.10. The molecule has 1 heterocycles. The van der Waals surface area contributed by atoms with Gasteiger partial charge in [0, 0.05) is 11.3 Å². The molecule has 0 N–H and O–H groups in total. The highest BCUT2D eigenvalue weighted by atomic mass is 15.1. The molecule has 0 unspecified atom stereocenters. The van der Waals surface area contributed by atoms with E-state index < -0.39 is 0 Å². The molecule has 2 nitrogen and oxygen atoms in total. The number of nitrogens with zero attached hydrogens (tertiary/aromatic N) is 2. The average Bonchev–Trinajstić information content (AvgIpc) is 3.90. The van der Waals surface area contributed by atoms with Crippen molar-refractivity contribution in [2.24, 2.45) is 0 Å². The molecule has 0 radical (unpaired) electrons. The van der Waals surface area contributed by atoms with Crippen LogP contribution in [0.25, 0.3) is 117 Å². The molecule has 284 valence electrons. The molecule has 0 saturated heterocycles. The van der Waals surface area contributed by atoms with Crippen LogP contribution in [0.2, 0.25) is 0 Å². The van der Waals surface area contributed by atoms with Gasteiger partial charge in [0.2, 0.25) is 0 Å². The fourth-order valence-electron chi connectivity index (χ4n) is 9.80. The highest BCUT2D eigenvalue weighted by Crippen LogP contribution is 2.61. The molecule has 2 heteroatoms. The zero-order valence-corrected chi connectivity index (χ0v) is 33.3. The lowest BCUT2D eigenvalue weighted by Crippen LogP contribution is -1.99. The summed E-state index contributed by atoms with van der Waals surface area (Å²) in [6.07, 6.45) is 0. The maximum Gasteiger partial charge on any atom is 0.145 e. The molecule has 11 aromatic rings. The lowest BCUT2D eigenvalue weighted by molar-refractivity contribution is 1.10. The van der Waals surface area contributed by atoms with Crippen molar-refractivity contribution < 1.29 is 0 Å². The van der Waals surface area contributed by atoms with E-state index in [0.717, 1.165) is 28.1 Å². The molecule has 0 saturated carbocycles. The van der Waals surface area contributed by atoms with Gasteiger partial charge in [0.05, 0.1) is 11.0 Å². The molecule has 0 amide bonds. The van der Waals surface area contributed by atoms with Crippen molar-refractivity contribution in [2.75, 3.05) is 0 Å². The number of aromatic nitrogens is 2. The number of hydrogen-bond acceptors (Lipinski definition) is 1. The van der Waals surface area contributed by atoms with Crippen LogP contribution >= 0.6 is 0 Å². The summed E-state index contributed by atoms with van der Waals surface area (Å²) >= 11 is 0. The van der Waals surface area contributed by atoms with Crippen molar-refractivity contribution in [2.45, 2.75) is 0 Å². The van der Waals surface area contributed by atoms with Gasteiger partial charge in [-0.1, -0.05) is 206 Å². The van der Waals surface area contributed by atoms with Gasteiger partial charge in [-0.15, -0.1) is 0 Å². The van der Waals surface area contributed by atoms with Crippen LogP contribution in [-0.4, -0.2) is 9.55 Å². The van der Waals surface area contributed by atoms with E-state index >= 15 is 0 Å². The molecule has 0 atom stereocenters. The van der Waals surface area contributed by atoms with Crippen molar-refractivity contribution in [1.29, 1.82) is 0 Å². The van der Waals surface area contributed by atoms with E-state index in [0.29, 0.717) is 0 Å². The van der Waals surface area contributed by atoms with Crippen molar-refractivity contribution >= 4 is 21.8 Å². The van der Waals surface area contributed by atoms with Gasteiger partial charge >= 0.3 is 0 Å². The summed E-state index contributed by atoms with van der Waals surface area (Å²) < 4.78 is 2.28. The van der Waals surface area contributed by atoms with Crippen molar-refractivity contribution in [3.63, 3.8) is 0 Å². The molecular formula is C59H38N2. The molecule has 0 spiro atoms. The van der Waals surface area contributed by atoms with Crippen LogP contribution in [-0.2, 0) is 0 Å². The third kappa shape index (κ3) is 5.61. The Bertz CT molecular complexity index is 3290. The molecule has 1 aromatic heterocycles. The molecule has 10 aromatic carbocycles. The summed E-state index contributed by atoms with van der Waals surface area (Å²) in [6.45, 7) is 0. The van der Waals surface area contributed by atoms with E-state index in [1.807, 2.05) is 0 Å². The number of rotatable bonds is 7. The first-order chi connectivity index (χ1) is 30.3.